The van der Waals surface area contributed by atoms with Crippen molar-refractivity contribution in [2.24, 2.45) is 0 Å². The molecule has 0 spiro atoms. The quantitative estimate of drug-likeness (QED) is 0.891. The average molecular weight is 300 g/mol. The molecule has 0 radical (unpaired) electrons. The number of ether oxygens (including phenoxy) is 2. The van der Waals surface area contributed by atoms with E-state index in [9.17, 15) is 4.79 Å². The second kappa shape index (κ2) is 7.45. The number of methoxy groups -OCH3 is 1. The molecule has 5 nitrogen and oxygen atoms in total. The largest absolute Gasteiger partial charge is 0.493 e. The lowest BCUT2D eigenvalue weighted by molar-refractivity contribution is 0.0939. The highest BCUT2D eigenvalue weighted by atomic mass is 16.5. The van der Waals surface area contributed by atoms with Gasteiger partial charge in [-0.25, -0.2) is 0 Å². The van der Waals surface area contributed by atoms with Crippen LogP contribution >= 0.6 is 0 Å². The zero-order chi connectivity index (χ0) is 15.9. The Kier molecular flexibility index (Phi) is 5.36. The number of amides is 1. The molecular formula is C17H20N2O3. The molecule has 5 heteroatoms. The monoisotopic (exact) mass is 300 g/mol. The van der Waals surface area contributed by atoms with Gasteiger partial charge in [0, 0.05) is 18.0 Å². The minimum Gasteiger partial charge on any atom is -0.493 e. The van der Waals surface area contributed by atoms with Gasteiger partial charge in [-0.3, -0.25) is 9.78 Å². The number of hydrogen-bond donors (Lipinski definition) is 1. The van der Waals surface area contributed by atoms with Crippen LogP contribution in [0.2, 0.25) is 0 Å². The van der Waals surface area contributed by atoms with Gasteiger partial charge in [0.2, 0.25) is 0 Å². The van der Waals surface area contributed by atoms with E-state index in [2.05, 4.69) is 10.3 Å². The summed E-state index contributed by atoms with van der Waals surface area (Å²) < 4.78 is 10.7. The lowest BCUT2D eigenvalue weighted by atomic mass is 10.1. The number of carbonyl (C=O) groups excluding carboxylic acids is 1. The number of benzene rings is 1. The van der Waals surface area contributed by atoms with E-state index in [1.165, 1.54) is 0 Å². The van der Waals surface area contributed by atoms with Gasteiger partial charge in [-0.15, -0.1) is 0 Å². The van der Waals surface area contributed by atoms with Crippen molar-refractivity contribution >= 4 is 5.91 Å². The highest BCUT2D eigenvalue weighted by molar-refractivity contribution is 5.95. The van der Waals surface area contributed by atoms with Crippen LogP contribution in [0.1, 0.15) is 35.8 Å². The molecule has 0 fully saturated rings. The normalized spacial score (nSPS) is 11.6. The molecule has 0 bridgehead atoms. The first kappa shape index (κ1) is 15.8. The van der Waals surface area contributed by atoms with Crippen molar-refractivity contribution in [3.63, 3.8) is 0 Å². The molecule has 0 saturated carbocycles. The first-order chi connectivity index (χ1) is 10.7. The van der Waals surface area contributed by atoms with Crippen molar-refractivity contribution in [2.75, 3.05) is 13.7 Å². The maximum Gasteiger partial charge on any atom is 0.251 e. The summed E-state index contributed by atoms with van der Waals surface area (Å²) in [6.07, 6.45) is 3.41. The fourth-order valence-corrected chi connectivity index (χ4v) is 2.10. The average Bonchev–Trinajstić information content (AvgIpc) is 2.55. The van der Waals surface area contributed by atoms with Crippen LogP contribution in [0, 0.1) is 0 Å². The summed E-state index contributed by atoms with van der Waals surface area (Å²) in [6, 6.07) is 8.80. The molecule has 1 unspecified atom stereocenters. The maximum atomic E-state index is 12.4. The first-order valence-electron chi connectivity index (χ1n) is 7.17. The van der Waals surface area contributed by atoms with Crippen LogP contribution < -0.4 is 14.8 Å². The van der Waals surface area contributed by atoms with E-state index in [0.717, 1.165) is 5.56 Å². The van der Waals surface area contributed by atoms with Gasteiger partial charge in [-0.2, -0.15) is 0 Å². The van der Waals surface area contributed by atoms with E-state index in [0.29, 0.717) is 23.7 Å². The number of hydrogen-bond acceptors (Lipinski definition) is 4. The molecule has 0 saturated heterocycles. The van der Waals surface area contributed by atoms with Gasteiger partial charge in [0.15, 0.2) is 11.5 Å². The predicted molar refractivity (Wildman–Crippen MR) is 84.3 cm³/mol. The SMILES string of the molecule is CCOc1cc(C(=O)NC(C)c2ccncc2)ccc1OC. The second-order valence-corrected chi connectivity index (χ2v) is 4.77. The van der Waals surface area contributed by atoms with Gasteiger partial charge in [-0.1, -0.05) is 0 Å². The van der Waals surface area contributed by atoms with Crippen LogP contribution in [0.25, 0.3) is 0 Å². The third kappa shape index (κ3) is 3.75. The van der Waals surface area contributed by atoms with E-state index in [4.69, 9.17) is 9.47 Å². The summed E-state index contributed by atoms with van der Waals surface area (Å²) in [5.41, 5.74) is 1.53. The Morgan fingerprint density at radius 3 is 2.59 bits per heavy atom. The lowest BCUT2D eigenvalue weighted by Gasteiger charge is -2.15. The molecule has 1 aromatic carbocycles. The van der Waals surface area contributed by atoms with E-state index in [-0.39, 0.29) is 11.9 Å². The van der Waals surface area contributed by atoms with Gasteiger partial charge in [0.1, 0.15) is 0 Å². The number of pyridine rings is 1. The summed E-state index contributed by atoms with van der Waals surface area (Å²) in [7, 11) is 1.57. The summed E-state index contributed by atoms with van der Waals surface area (Å²) in [5.74, 6) is 1.02. The molecule has 0 aliphatic rings. The Balaban J connectivity index is 2.14. The third-order valence-corrected chi connectivity index (χ3v) is 3.28. The van der Waals surface area contributed by atoms with Crippen LogP contribution in [-0.4, -0.2) is 24.6 Å². The molecule has 2 rings (SSSR count). The molecule has 1 aromatic heterocycles. The Labute approximate surface area is 130 Å². The van der Waals surface area contributed by atoms with Crippen molar-refractivity contribution in [1.82, 2.24) is 10.3 Å². The molecule has 0 aliphatic heterocycles. The summed E-state index contributed by atoms with van der Waals surface area (Å²) in [6.45, 7) is 4.33. The standard InChI is InChI=1S/C17H20N2O3/c1-4-22-16-11-14(5-6-15(16)21-3)17(20)19-12(2)13-7-9-18-10-8-13/h5-12H,4H2,1-3H3,(H,19,20). The van der Waals surface area contributed by atoms with Gasteiger partial charge in [0.25, 0.3) is 5.91 Å². The molecule has 2 aromatic rings. The van der Waals surface area contributed by atoms with Crippen molar-refractivity contribution in [1.29, 1.82) is 0 Å². The van der Waals surface area contributed by atoms with Crippen molar-refractivity contribution < 1.29 is 14.3 Å². The van der Waals surface area contributed by atoms with Crippen molar-refractivity contribution in [2.45, 2.75) is 19.9 Å². The van der Waals surface area contributed by atoms with Gasteiger partial charge in [0.05, 0.1) is 19.8 Å². The maximum absolute atomic E-state index is 12.4. The number of nitrogens with zero attached hydrogens (tertiary/aromatic N) is 1. The fourth-order valence-electron chi connectivity index (χ4n) is 2.10. The Bertz CT molecular complexity index is 629. The highest BCUT2D eigenvalue weighted by Crippen LogP contribution is 2.28. The molecule has 116 valence electrons. The Hall–Kier alpha value is -2.56. The molecular weight excluding hydrogens is 280 g/mol. The first-order valence-corrected chi connectivity index (χ1v) is 7.17. The molecule has 1 atom stereocenters. The number of aromatic nitrogens is 1. The number of nitrogens with one attached hydrogen (secondary N) is 1. The van der Waals surface area contributed by atoms with E-state index in [1.807, 2.05) is 26.0 Å². The van der Waals surface area contributed by atoms with Gasteiger partial charge in [-0.05, 0) is 49.7 Å². The third-order valence-electron chi connectivity index (χ3n) is 3.28. The van der Waals surface area contributed by atoms with E-state index in [1.54, 1.807) is 37.7 Å². The van der Waals surface area contributed by atoms with Crippen LogP contribution in [0.15, 0.2) is 42.7 Å². The fraction of sp³-hybridized carbons (Fsp3) is 0.294. The second-order valence-electron chi connectivity index (χ2n) is 4.77. The Morgan fingerprint density at radius 1 is 1.23 bits per heavy atom. The lowest BCUT2D eigenvalue weighted by Crippen LogP contribution is -2.26. The van der Waals surface area contributed by atoms with E-state index >= 15 is 0 Å². The van der Waals surface area contributed by atoms with Crippen LogP contribution in [0.4, 0.5) is 0 Å². The van der Waals surface area contributed by atoms with Gasteiger partial charge >= 0.3 is 0 Å². The highest BCUT2D eigenvalue weighted by Gasteiger charge is 2.14. The molecule has 1 amide bonds. The summed E-state index contributed by atoms with van der Waals surface area (Å²) in [5, 5.41) is 2.96. The summed E-state index contributed by atoms with van der Waals surface area (Å²) in [4.78, 5) is 16.3. The zero-order valence-corrected chi connectivity index (χ0v) is 13.0. The molecule has 1 heterocycles. The van der Waals surface area contributed by atoms with Crippen LogP contribution in [0.5, 0.6) is 11.5 Å². The smallest absolute Gasteiger partial charge is 0.251 e. The topological polar surface area (TPSA) is 60.5 Å². The van der Waals surface area contributed by atoms with Crippen LogP contribution in [0.3, 0.4) is 0 Å². The predicted octanol–water partition coefficient (Wildman–Crippen LogP) is 2.98. The Morgan fingerprint density at radius 2 is 1.95 bits per heavy atom. The minimum absolute atomic E-state index is 0.104. The van der Waals surface area contributed by atoms with Gasteiger partial charge < -0.3 is 14.8 Å². The summed E-state index contributed by atoms with van der Waals surface area (Å²) >= 11 is 0. The number of rotatable bonds is 6. The van der Waals surface area contributed by atoms with Crippen molar-refractivity contribution in [3.8, 4) is 11.5 Å². The molecule has 0 aliphatic carbocycles. The van der Waals surface area contributed by atoms with E-state index < -0.39 is 0 Å². The zero-order valence-electron chi connectivity index (χ0n) is 13.0. The molecule has 1 N–H and O–H groups in total. The molecule has 22 heavy (non-hydrogen) atoms. The van der Waals surface area contributed by atoms with Crippen LogP contribution in [-0.2, 0) is 0 Å². The van der Waals surface area contributed by atoms with Crippen molar-refractivity contribution in [3.05, 3.63) is 53.9 Å². The number of carbonyl (C=O) groups is 1. The minimum atomic E-state index is -0.159.